The molecule has 2 aromatic rings. The highest BCUT2D eigenvalue weighted by Crippen LogP contribution is 2.31. The number of phenols is 1. The number of hydrogen-bond acceptors (Lipinski definition) is 5. The summed E-state index contributed by atoms with van der Waals surface area (Å²) in [7, 11) is 0. The van der Waals surface area contributed by atoms with Gasteiger partial charge in [-0.25, -0.2) is 9.99 Å². The van der Waals surface area contributed by atoms with Crippen molar-refractivity contribution in [3.05, 3.63) is 18.2 Å². The molecule has 1 aliphatic heterocycles. The molecule has 1 fully saturated rings. The summed E-state index contributed by atoms with van der Waals surface area (Å²) in [5, 5.41) is 12.8. The number of thiazole rings is 1. The maximum absolute atomic E-state index is 9.69. The van der Waals surface area contributed by atoms with Crippen LogP contribution in [0, 0.1) is 0 Å². The number of nitrogens with zero attached hydrogens (tertiary/aromatic N) is 2. The normalized spacial score (nSPS) is 17.4. The van der Waals surface area contributed by atoms with E-state index in [1.807, 2.05) is 12.1 Å². The van der Waals surface area contributed by atoms with Crippen molar-refractivity contribution in [1.82, 2.24) is 9.99 Å². The van der Waals surface area contributed by atoms with Gasteiger partial charge in [-0.1, -0.05) is 23.8 Å². The quantitative estimate of drug-likeness (QED) is 0.859. The number of aromatic hydroxyl groups is 1. The summed E-state index contributed by atoms with van der Waals surface area (Å²) < 4.78 is 1.02. The molecule has 0 radical (unpaired) electrons. The van der Waals surface area contributed by atoms with Crippen LogP contribution in [0.1, 0.15) is 19.3 Å². The molecule has 2 N–H and O–H groups in total. The molecule has 0 spiro atoms. The molecule has 90 valence electrons. The van der Waals surface area contributed by atoms with Gasteiger partial charge in [0.2, 0.25) is 0 Å². The van der Waals surface area contributed by atoms with Gasteiger partial charge in [-0.3, -0.25) is 5.43 Å². The summed E-state index contributed by atoms with van der Waals surface area (Å²) in [6.07, 6.45) is 3.80. The average molecular weight is 249 g/mol. The first-order valence-electron chi connectivity index (χ1n) is 5.93. The van der Waals surface area contributed by atoms with Crippen LogP contribution >= 0.6 is 11.3 Å². The van der Waals surface area contributed by atoms with Gasteiger partial charge < -0.3 is 5.11 Å². The number of hydrogen-bond donors (Lipinski definition) is 2. The Morgan fingerprint density at radius 3 is 2.82 bits per heavy atom. The second-order valence-electron chi connectivity index (χ2n) is 4.30. The summed E-state index contributed by atoms with van der Waals surface area (Å²) in [6, 6.07) is 5.50. The van der Waals surface area contributed by atoms with Crippen LogP contribution in [0.2, 0.25) is 0 Å². The molecule has 0 unspecified atom stereocenters. The highest BCUT2D eigenvalue weighted by molar-refractivity contribution is 7.22. The first-order valence-corrected chi connectivity index (χ1v) is 6.75. The van der Waals surface area contributed by atoms with Crippen molar-refractivity contribution in [3.8, 4) is 5.75 Å². The molecule has 4 nitrogen and oxygen atoms in total. The minimum Gasteiger partial charge on any atom is -0.506 e. The molecule has 1 aromatic heterocycles. The molecule has 2 heterocycles. The number of piperidine rings is 1. The van der Waals surface area contributed by atoms with Gasteiger partial charge in [-0.05, 0) is 25.0 Å². The number of hydrazine groups is 1. The van der Waals surface area contributed by atoms with Crippen molar-refractivity contribution >= 4 is 26.7 Å². The Kier molecular flexibility index (Phi) is 2.86. The van der Waals surface area contributed by atoms with Crippen LogP contribution in [-0.2, 0) is 0 Å². The average Bonchev–Trinajstić information content (AvgIpc) is 2.74. The highest BCUT2D eigenvalue weighted by Gasteiger charge is 2.12. The maximum Gasteiger partial charge on any atom is 0.198 e. The zero-order valence-electron chi connectivity index (χ0n) is 9.52. The summed E-state index contributed by atoms with van der Waals surface area (Å²) in [5.74, 6) is 0.255. The lowest BCUT2D eigenvalue weighted by Crippen LogP contribution is -2.34. The largest absolute Gasteiger partial charge is 0.506 e. The minimum atomic E-state index is 0.255. The molecule has 1 aromatic carbocycles. The van der Waals surface area contributed by atoms with Gasteiger partial charge in [0.05, 0.1) is 4.70 Å². The number of para-hydroxylation sites is 1. The first-order chi connectivity index (χ1) is 8.33. The Morgan fingerprint density at radius 2 is 2.06 bits per heavy atom. The maximum atomic E-state index is 9.69. The second kappa shape index (κ2) is 4.50. The predicted molar refractivity (Wildman–Crippen MR) is 70.3 cm³/mol. The van der Waals surface area contributed by atoms with E-state index < -0.39 is 0 Å². The Labute approximate surface area is 104 Å². The van der Waals surface area contributed by atoms with E-state index in [0.29, 0.717) is 5.52 Å². The van der Waals surface area contributed by atoms with Crippen LogP contribution in [0.25, 0.3) is 10.2 Å². The molecular formula is C12H15N3OS. The molecule has 17 heavy (non-hydrogen) atoms. The van der Waals surface area contributed by atoms with Gasteiger partial charge in [0, 0.05) is 13.1 Å². The fraction of sp³-hybridized carbons (Fsp3) is 0.417. The van der Waals surface area contributed by atoms with Gasteiger partial charge in [0.1, 0.15) is 11.3 Å². The molecule has 0 amide bonds. The Hall–Kier alpha value is -1.33. The summed E-state index contributed by atoms with van der Waals surface area (Å²) >= 11 is 1.58. The molecule has 3 rings (SSSR count). The Balaban J connectivity index is 1.83. The van der Waals surface area contributed by atoms with Crippen molar-refractivity contribution in [2.75, 3.05) is 18.5 Å². The van der Waals surface area contributed by atoms with Crippen molar-refractivity contribution < 1.29 is 5.11 Å². The van der Waals surface area contributed by atoms with E-state index in [4.69, 9.17) is 0 Å². The molecule has 0 bridgehead atoms. The molecule has 0 atom stereocenters. The van der Waals surface area contributed by atoms with Crippen molar-refractivity contribution in [3.63, 3.8) is 0 Å². The lowest BCUT2D eigenvalue weighted by molar-refractivity contribution is 0.273. The smallest absolute Gasteiger partial charge is 0.198 e. The summed E-state index contributed by atoms with van der Waals surface area (Å²) in [6.45, 7) is 2.14. The van der Waals surface area contributed by atoms with E-state index in [-0.39, 0.29) is 5.75 Å². The number of rotatable bonds is 2. The monoisotopic (exact) mass is 249 g/mol. The highest BCUT2D eigenvalue weighted by atomic mass is 32.1. The van der Waals surface area contributed by atoms with Gasteiger partial charge >= 0.3 is 0 Å². The molecule has 5 heteroatoms. The van der Waals surface area contributed by atoms with E-state index in [9.17, 15) is 5.11 Å². The Morgan fingerprint density at radius 1 is 1.24 bits per heavy atom. The van der Waals surface area contributed by atoms with E-state index in [1.165, 1.54) is 19.3 Å². The number of nitrogens with one attached hydrogen (secondary N) is 1. The van der Waals surface area contributed by atoms with E-state index in [2.05, 4.69) is 15.4 Å². The lowest BCUT2D eigenvalue weighted by Gasteiger charge is -2.26. The summed E-state index contributed by atoms with van der Waals surface area (Å²) in [4.78, 5) is 4.42. The van der Waals surface area contributed by atoms with Crippen LogP contribution in [-0.4, -0.2) is 28.2 Å². The third-order valence-corrected chi connectivity index (χ3v) is 3.93. The first kappa shape index (κ1) is 10.8. The molecule has 1 aliphatic rings. The van der Waals surface area contributed by atoms with Crippen molar-refractivity contribution in [2.45, 2.75) is 19.3 Å². The van der Waals surface area contributed by atoms with Crippen LogP contribution in [0.3, 0.4) is 0 Å². The summed E-state index contributed by atoms with van der Waals surface area (Å²) in [5.41, 5.74) is 4.02. The van der Waals surface area contributed by atoms with Crippen LogP contribution in [0.15, 0.2) is 18.2 Å². The molecule has 1 saturated heterocycles. The fourth-order valence-corrected chi connectivity index (χ4v) is 3.04. The standard InChI is InChI=1S/C12H15N3OS/c16-9-5-4-6-10-11(9)13-12(17-10)14-15-7-2-1-3-8-15/h4-6,16H,1-3,7-8H2,(H,13,14). The zero-order valence-corrected chi connectivity index (χ0v) is 10.3. The van der Waals surface area contributed by atoms with Crippen LogP contribution in [0.4, 0.5) is 5.13 Å². The van der Waals surface area contributed by atoms with E-state index >= 15 is 0 Å². The van der Waals surface area contributed by atoms with Crippen LogP contribution < -0.4 is 5.43 Å². The predicted octanol–water partition coefficient (Wildman–Crippen LogP) is 2.81. The van der Waals surface area contributed by atoms with Crippen molar-refractivity contribution in [2.24, 2.45) is 0 Å². The van der Waals surface area contributed by atoms with Crippen molar-refractivity contribution in [1.29, 1.82) is 0 Å². The number of fused-ring (bicyclic) bond motifs is 1. The number of anilines is 1. The third-order valence-electron chi connectivity index (χ3n) is 3.01. The van der Waals surface area contributed by atoms with Gasteiger partial charge in [0.25, 0.3) is 0 Å². The number of phenolic OH excluding ortho intramolecular Hbond substituents is 1. The van der Waals surface area contributed by atoms with Gasteiger partial charge in [0.15, 0.2) is 5.13 Å². The Bertz CT molecular complexity index is 519. The molecule has 0 saturated carbocycles. The van der Waals surface area contributed by atoms with E-state index in [1.54, 1.807) is 17.4 Å². The number of aromatic nitrogens is 1. The topological polar surface area (TPSA) is 48.4 Å². The van der Waals surface area contributed by atoms with Crippen LogP contribution in [0.5, 0.6) is 5.75 Å². The zero-order chi connectivity index (χ0) is 11.7. The van der Waals surface area contributed by atoms with E-state index in [0.717, 1.165) is 22.9 Å². The van der Waals surface area contributed by atoms with Gasteiger partial charge in [-0.2, -0.15) is 0 Å². The third kappa shape index (κ3) is 2.21. The second-order valence-corrected chi connectivity index (χ2v) is 5.33. The fourth-order valence-electron chi connectivity index (χ4n) is 2.12. The minimum absolute atomic E-state index is 0.255. The van der Waals surface area contributed by atoms with Gasteiger partial charge in [-0.15, -0.1) is 0 Å². The molecule has 0 aliphatic carbocycles. The number of benzene rings is 1. The molecular weight excluding hydrogens is 234 g/mol. The SMILES string of the molecule is Oc1cccc2sc(NN3CCCCC3)nc12. The lowest BCUT2D eigenvalue weighted by atomic mass is 10.2.